The molecule has 4 N–H and O–H groups in total. The lowest BCUT2D eigenvalue weighted by Gasteiger charge is -2.26. The van der Waals surface area contributed by atoms with Gasteiger partial charge in [0.2, 0.25) is 6.41 Å². The largest absolute Gasteiger partial charge is 0.379 e. The average molecular weight is 405 g/mol. The standard InChI is InChI=1S/C15H19FN2.C7H14N2O2/c1-4-10(2)8-14(11(3)17)15(18)12-6-5-7-13(16)9-12;10-7-8-1-2-9-3-5-11-6-4-9/h4-9,11,18H,17H2,1-3H3;7H,1-6H2,(H,8,10)/b10-4-,14-8+,18-15?;. The number of nitrogens with zero attached hydrogens (tertiary/aromatic N) is 1. The summed E-state index contributed by atoms with van der Waals surface area (Å²) in [5.41, 5.74) is 8.43. The van der Waals surface area contributed by atoms with Crippen molar-refractivity contribution in [1.29, 1.82) is 5.41 Å². The molecule has 1 aliphatic rings. The maximum atomic E-state index is 13.2. The van der Waals surface area contributed by atoms with Gasteiger partial charge in [0.25, 0.3) is 0 Å². The van der Waals surface area contributed by atoms with E-state index in [1.54, 1.807) is 12.1 Å². The summed E-state index contributed by atoms with van der Waals surface area (Å²) < 4.78 is 18.3. The second-order valence-electron chi connectivity index (χ2n) is 6.83. The van der Waals surface area contributed by atoms with Crippen molar-refractivity contribution in [3.05, 3.63) is 58.9 Å². The van der Waals surface area contributed by atoms with Gasteiger partial charge in [0.1, 0.15) is 5.82 Å². The average Bonchev–Trinajstić information content (AvgIpc) is 2.72. The van der Waals surface area contributed by atoms with Crippen molar-refractivity contribution in [3.63, 3.8) is 0 Å². The first-order chi connectivity index (χ1) is 13.9. The molecule has 29 heavy (non-hydrogen) atoms. The molecule has 1 fully saturated rings. The molecule has 7 heteroatoms. The van der Waals surface area contributed by atoms with Crippen LogP contribution in [0.25, 0.3) is 0 Å². The molecule has 1 saturated heterocycles. The number of carbonyl (C=O) groups is 1. The third-order valence-electron chi connectivity index (χ3n) is 4.49. The second-order valence-corrected chi connectivity index (χ2v) is 6.83. The summed E-state index contributed by atoms with van der Waals surface area (Å²) in [5, 5.41) is 10.8. The Bertz CT molecular complexity index is 711. The number of hydrogen-bond donors (Lipinski definition) is 3. The van der Waals surface area contributed by atoms with Crippen LogP contribution >= 0.6 is 0 Å². The summed E-state index contributed by atoms with van der Waals surface area (Å²) >= 11 is 0. The first-order valence-electron chi connectivity index (χ1n) is 9.81. The Balaban J connectivity index is 0.000000326. The summed E-state index contributed by atoms with van der Waals surface area (Å²) in [6, 6.07) is 5.76. The van der Waals surface area contributed by atoms with Crippen molar-refractivity contribution in [3.8, 4) is 0 Å². The fourth-order valence-corrected chi connectivity index (χ4v) is 2.68. The maximum absolute atomic E-state index is 13.2. The molecule has 1 aromatic rings. The minimum absolute atomic E-state index is 0.268. The molecule has 1 aliphatic heterocycles. The van der Waals surface area contributed by atoms with Crippen LogP contribution in [0.3, 0.4) is 0 Å². The molecule has 0 radical (unpaired) electrons. The summed E-state index contributed by atoms with van der Waals surface area (Å²) in [6.45, 7) is 11.0. The maximum Gasteiger partial charge on any atom is 0.207 e. The summed E-state index contributed by atoms with van der Waals surface area (Å²) in [6.07, 6.45) is 4.56. The molecular formula is C22H33FN4O2. The van der Waals surface area contributed by atoms with Crippen molar-refractivity contribution in [1.82, 2.24) is 10.2 Å². The van der Waals surface area contributed by atoms with E-state index < -0.39 is 0 Å². The van der Waals surface area contributed by atoms with Gasteiger partial charge in [-0.05, 0) is 38.5 Å². The first-order valence-corrected chi connectivity index (χ1v) is 9.81. The van der Waals surface area contributed by atoms with Crippen LogP contribution < -0.4 is 11.1 Å². The monoisotopic (exact) mass is 404 g/mol. The number of nitrogens with two attached hydrogens (primary N) is 1. The lowest BCUT2D eigenvalue weighted by molar-refractivity contribution is -0.109. The molecule has 1 unspecified atom stereocenters. The van der Waals surface area contributed by atoms with Crippen LogP contribution in [-0.2, 0) is 9.53 Å². The SMILES string of the molecule is C/C=C(C)\C=C(\C(=N)c1cccc(F)c1)C(C)N.O=CNCCN1CCOCC1. The molecule has 160 valence electrons. The molecule has 1 atom stereocenters. The molecule has 0 bridgehead atoms. The number of allylic oxidation sites excluding steroid dienone is 3. The van der Waals surface area contributed by atoms with Crippen LogP contribution in [0, 0.1) is 11.2 Å². The van der Waals surface area contributed by atoms with Gasteiger partial charge in [-0.25, -0.2) is 4.39 Å². The molecule has 0 saturated carbocycles. The third-order valence-corrected chi connectivity index (χ3v) is 4.49. The third kappa shape index (κ3) is 9.60. The molecule has 0 aromatic heterocycles. The number of halogens is 1. The first kappa shape index (κ1) is 24.7. The number of carbonyl (C=O) groups excluding carboxylic acids is 1. The topological polar surface area (TPSA) is 91.4 Å². The number of hydrogen-bond acceptors (Lipinski definition) is 5. The van der Waals surface area contributed by atoms with Gasteiger partial charge in [-0.15, -0.1) is 0 Å². The Morgan fingerprint density at radius 1 is 1.41 bits per heavy atom. The van der Waals surface area contributed by atoms with Crippen molar-refractivity contribution in [2.24, 2.45) is 5.73 Å². The smallest absolute Gasteiger partial charge is 0.207 e. The van der Waals surface area contributed by atoms with Crippen molar-refractivity contribution in [2.75, 3.05) is 39.4 Å². The fourth-order valence-electron chi connectivity index (χ4n) is 2.68. The highest BCUT2D eigenvalue weighted by Gasteiger charge is 2.12. The zero-order chi connectivity index (χ0) is 21.6. The quantitative estimate of drug-likeness (QED) is 0.269. The summed E-state index contributed by atoms with van der Waals surface area (Å²) in [5.74, 6) is -0.343. The predicted molar refractivity (Wildman–Crippen MR) is 116 cm³/mol. The highest BCUT2D eigenvalue weighted by molar-refractivity contribution is 6.11. The zero-order valence-electron chi connectivity index (χ0n) is 17.6. The molecule has 6 nitrogen and oxygen atoms in total. The molecule has 2 rings (SSSR count). The van der Waals surface area contributed by atoms with Gasteiger partial charge in [-0.2, -0.15) is 0 Å². The van der Waals surface area contributed by atoms with E-state index in [0.29, 0.717) is 11.1 Å². The van der Waals surface area contributed by atoms with Crippen LogP contribution in [0.4, 0.5) is 4.39 Å². The minimum atomic E-state index is -0.343. The summed E-state index contributed by atoms with van der Waals surface area (Å²) in [4.78, 5) is 12.2. The summed E-state index contributed by atoms with van der Waals surface area (Å²) in [7, 11) is 0. The zero-order valence-corrected chi connectivity index (χ0v) is 17.6. The van der Waals surface area contributed by atoms with Crippen molar-refractivity contribution < 1.29 is 13.9 Å². The number of rotatable bonds is 8. The molecule has 1 aromatic carbocycles. The van der Waals surface area contributed by atoms with E-state index in [-0.39, 0.29) is 17.6 Å². The van der Waals surface area contributed by atoms with Crippen LogP contribution in [0.1, 0.15) is 26.3 Å². The van der Waals surface area contributed by atoms with E-state index in [2.05, 4.69) is 10.2 Å². The fraction of sp³-hybridized carbons (Fsp3) is 0.455. The van der Waals surface area contributed by atoms with Gasteiger partial charge >= 0.3 is 0 Å². The number of ether oxygens (including phenoxy) is 1. The molecular weight excluding hydrogens is 371 g/mol. The van der Waals surface area contributed by atoms with Gasteiger partial charge in [0.15, 0.2) is 0 Å². The van der Waals surface area contributed by atoms with E-state index in [1.165, 1.54) is 12.1 Å². The number of amides is 1. The van der Waals surface area contributed by atoms with E-state index in [4.69, 9.17) is 15.9 Å². The highest BCUT2D eigenvalue weighted by Crippen LogP contribution is 2.14. The normalized spacial score (nSPS) is 16.4. The Labute approximate surface area is 173 Å². The predicted octanol–water partition coefficient (Wildman–Crippen LogP) is 2.50. The van der Waals surface area contributed by atoms with Crippen LogP contribution in [0.5, 0.6) is 0 Å². The highest BCUT2D eigenvalue weighted by atomic mass is 19.1. The lowest BCUT2D eigenvalue weighted by Crippen LogP contribution is -2.40. The number of benzene rings is 1. The lowest BCUT2D eigenvalue weighted by atomic mass is 9.95. The van der Waals surface area contributed by atoms with Gasteiger partial charge in [0, 0.05) is 37.8 Å². The Morgan fingerprint density at radius 3 is 2.66 bits per heavy atom. The molecule has 1 amide bonds. The van der Waals surface area contributed by atoms with Crippen LogP contribution in [-0.4, -0.2) is 62.5 Å². The van der Waals surface area contributed by atoms with Gasteiger partial charge in [-0.3, -0.25) is 15.1 Å². The van der Waals surface area contributed by atoms with Gasteiger partial charge in [0.05, 0.1) is 18.9 Å². The molecule has 0 aliphatic carbocycles. The Kier molecular flexibility index (Phi) is 11.7. The Hall–Kier alpha value is -2.35. The van der Waals surface area contributed by atoms with Crippen LogP contribution in [0.15, 0.2) is 47.6 Å². The van der Waals surface area contributed by atoms with E-state index in [0.717, 1.165) is 51.4 Å². The van der Waals surface area contributed by atoms with Gasteiger partial charge in [-0.1, -0.05) is 29.9 Å². The van der Waals surface area contributed by atoms with E-state index in [1.807, 2.05) is 32.9 Å². The number of morpholine rings is 1. The number of nitrogens with one attached hydrogen (secondary N) is 2. The van der Waals surface area contributed by atoms with Crippen molar-refractivity contribution in [2.45, 2.75) is 26.8 Å². The van der Waals surface area contributed by atoms with Crippen LogP contribution in [0.2, 0.25) is 0 Å². The van der Waals surface area contributed by atoms with E-state index >= 15 is 0 Å². The molecule has 1 heterocycles. The second kappa shape index (κ2) is 13.8. The Morgan fingerprint density at radius 2 is 2.10 bits per heavy atom. The van der Waals surface area contributed by atoms with Gasteiger partial charge < -0.3 is 15.8 Å². The molecule has 0 spiro atoms. The van der Waals surface area contributed by atoms with E-state index in [9.17, 15) is 9.18 Å². The minimum Gasteiger partial charge on any atom is -0.379 e. The van der Waals surface area contributed by atoms with Crippen molar-refractivity contribution >= 4 is 12.1 Å².